The first-order valence-electron chi connectivity index (χ1n) is 7.86. The molecule has 0 aliphatic rings. The van der Waals surface area contributed by atoms with Crippen LogP contribution in [-0.4, -0.2) is 38.1 Å². The third kappa shape index (κ3) is 6.35. The van der Waals surface area contributed by atoms with Crippen molar-refractivity contribution in [2.24, 2.45) is 0 Å². The minimum atomic E-state index is -3.77. The summed E-state index contributed by atoms with van der Waals surface area (Å²) in [4.78, 5) is 23.7. The molecule has 0 bridgehead atoms. The Bertz CT molecular complexity index is 910. The number of aromatic nitrogens is 1. The molecule has 0 spiro atoms. The summed E-state index contributed by atoms with van der Waals surface area (Å²) in [6, 6.07) is 7.10. The molecule has 0 fully saturated rings. The van der Waals surface area contributed by atoms with Crippen LogP contribution in [0.5, 0.6) is 0 Å². The van der Waals surface area contributed by atoms with E-state index in [0.29, 0.717) is 10.8 Å². The van der Waals surface area contributed by atoms with Gasteiger partial charge in [-0.05, 0) is 38.1 Å². The van der Waals surface area contributed by atoms with E-state index in [9.17, 15) is 18.0 Å². The molecule has 1 aromatic heterocycles. The predicted octanol–water partition coefficient (Wildman–Crippen LogP) is 1.88. The van der Waals surface area contributed by atoms with E-state index in [0.717, 1.165) is 0 Å². The summed E-state index contributed by atoms with van der Waals surface area (Å²) in [6.07, 6.45) is -1.32. The smallest absolute Gasteiger partial charge is 0.307 e. The number of esters is 1. The van der Waals surface area contributed by atoms with E-state index in [2.05, 4.69) is 15.2 Å². The molecule has 2 rings (SSSR count). The lowest BCUT2D eigenvalue weighted by atomic mass is 10.3. The van der Waals surface area contributed by atoms with Crippen molar-refractivity contribution in [3.8, 4) is 0 Å². The summed E-state index contributed by atoms with van der Waals surface area (Å²) in [7, 11) is -3.77. The number of benzene rings is 1. The number of nitrogens with one attached hydrogen (secondary N) is 2. The van der Waals surface area contributed by atoms with Crippen molar-refractivity contribution < 1.29 is 27.3 Å². The van der Waals surface area contributed by atoms with Gasteiger partial charge >= 0.3 is 5.97 Å². The molecule has 0 unspecified atom stereocenters. The molecule has 0 saturated carbocycles. The molecule has 9 nitrogen and oxygen atoms in total. The Morgan fingerprint density at radius 1 is 1.30 bits per heavy atom. The van der Waals surface area contributed by atoms with Crippen LogP contribution in [0.2, 0.25) is 5.02 Å². The van der Waals surface area contributed by atoms with Gasteiger partial charge in [0.1, 0.15) is 5.76 Å². The number of sulfonamides is 1. The number of aryl methyl sites for hydroxylation is 1. The number of amides is 1. The van der Waals surface area contributed by atoms with Crippen molar-refractivity contribution in [1.82, 2.24) is 9.88 Å². The lowest BCUT2D eigenvalue weighted by Gasteiger charge is -2.12. The molecule has 1 heterocycles. The van der Waals surface area contributed by atoms with E-state index in [4.69, 9.17) is 20.9 Å². The van der Waals surface area contributed by atoms with Crippen LogP contribution in [0.4, 0.5) is 5.82 Å². The summed E-state index contributed by atoms with van der Waals surface area (Å²) in [5, 5.41) is 6.43. The summed E-state index contributed by atoms with van der Waals surface area (Å²) >= 11 is 5.72. The van der Waals surface area contributed by atoms with E-state index in [1.54, 1.807) is 6.92 Å². The van der Waals surface area contributed by atoms with Crippen LogP contribution >= 0.6 is 11.6 Å². The van der Waals surface area contributed by atoms with Gasteiger partial charge in [-0.2, -0.15) is 0 Å². The van der Waals surface area contributed by atoms with Gasteiger partial charge in [-0.3, -0.25) is 9.59 Å². The Balaban J connectivity index is 1.78. The highest BCUT2D eigenvalue weighted by atomic mass is 35.5. The maximum atomic E-state index is 12.1. The fourth-order valence-corrected chi connectivity index (χ4v) is 3.11. The van der Waals surface area contributed by atoms with Crippen LogP contribution in [0.25, 0.3) is 0 Å². The highest BCUT2D eigenvalue weighted by molar-refractivity contribution is 7.89. The number of halogens is 1. The first-order chi connectivity index (χ1) is 12.7. The zero-order chi connectivity index (χ0) is 20.0. The summed E-state index contributed by atoms with van der Waals surface area (Å²) in [6.45, 7) is 2.87. The molecule has 0 radical (unpaired) electrons. The fraction of sp³-hybridized carbons (Fsp3) is 0.312. The van der Waals surface area contributed by atoms with Gasteiger partial charge in [-0.15, -0.1) is 0 Å². The van der Waals surface area contributed by atoms with Gasteiger partial charge in [0.05, 0.1) is 11.3 Å². The van der Waals surface area contributed by atoms with E-state index in [1.807, 2.05) is 0 Å². The molecule has 1 atom stereocenters. The Morgan fingerprint density at radius 2 is 1.96 bits per heavy atom. The summed E-state index contributed by atoms with van der Waals surface area (Å²) < 4.78 is 36.2. The molecule has 11 heteroatoms. The van der Waals surface area contributed by atoms with Gasteiger partial charge in [-0.25, -0.2) is 13.1 Å². The van der Waals surface area contributed by atoms with Crippen molar-refractivity contribution in [2.75, 3.05) is 11.9 Å². The molecule has 1 amide bonds. The van der Waals surface area contributed by atoms with Crippen molar-refractivity contribution in [3.05, 3.63) is 41.1 Å². The number of rotatable bonds is 8. The zero-order valence-corrected chi connectivity index (χ0v) is 16.1. The number of ether oxygens (including phenoxy) is 1. The average Bonchev–Trinajstić information content (AvgIpc) is 2.99. The number of hydrogen-bond acceptors (Lipinski definition) is 7. The Morgan fingerprint density at radius 3 is 2.56 bits per heavy atom. The summed E-state index contributed by atoms with van der Waals surface area (Å²) in [5.74, 6) is -0.592. The zero-order valence-electron chi connectivity index (χ0n) is 14.6. The lowest BCUT2D eigenvalue weighted by molar-refractivity contribution is -0.152. The van der Waals surface area contributed by atoms with Crippen molar-refractivity contribution in [3.63, 3.8) is 0 Å². The lowest BCUT2D eigenvalue weighted by Crippen LogP contribution is -2.32. The van der Waals surface area contributed by atoms with Crippen LogP contribution in [0.1, 0.15) is 19.1 Å². The first-order valence-corrected chi connectivity index (χ1v) is 9.72. The SMILES string of the molecule is Cc1cc(NC(=O)[C@H](C)OC(=O)CCNS(=O)(=O)c2ccc(Cl)cc2)no1. The van der Waals surface area contributed by atoms with Gasteiger partial charge in [0.25, 0.3) is 5.91 Å². The largest absolute Gasteiger partial charge is 0.452 e. The van der Waals surface area contributed by atoms with Gasteiger partial charge in [-0.1, -0.05) is 16.8 Å². The quantitative estimate of drug-likeness (QED) is 0.630. The molecule has 0 saturated heterocycles. The van der Waals surface area contributed by atoms with Crippen molar-refractivity contribution in [1.29, 1.82) is 0 Å². The number of nitrogens with zero attached hydrogens (tertiary/aromatic N) is 1. The molecule has 27 heavy (non-hydrogen) atoms. The molecule has 2 aromatic rings. The van der Waals surface area contributed by atoms with Crippen molar-refractivity contribution in [2.45, 2.75) is 31.3 Å². The van der Waals surface area contributed by atoms with Crippen molar-refractivity contribution >= 4 is 39.3 Å². The van der Waals surface area contributed by atoms with Crippen LogP contribution in [-0.2, 0) is 24.3 Å². The van der Waals surface area contributed by atoms with Gasteiger partial charge in [0, 0.05) is 17.6 Å². The Labute approximate surface area is 161 Å². The third-order valence-electron chi connectivity index (χ3n) is 3.30. The number of carbonyl (C=O) groups is 2. The molecule has 146 valence electrons. The number of carbonyl (C=O) groups excluding carboxylic acids is 2. The molecule has 2 N–H and O–H groups in total. The fourth-order valence-electron chi connectivity index (χ4n) is 1.95. The molecule has 0 aliphatic heterocycles. The van der Waals surface area contributed by atoms with E-state index >= 15 is 0 Å². The minimum absolute atomic E-state index is 0.0240. The van der Waals surface area contributed by atoms with Crippen LogP contribution in [0.15, 0.2) is 39.8 Å². The van der Waals surface area contributed by atoms with E-state index < -0.39 is 28.0 Å². The second-order valence-electron chi connectivity index (χ2n) is 5.55. The normalized spacial score (nSPS) is 12.4. The second kappa shape index (κ2) is 8.98. The Hall–Kier alpha value is -2.43. The highest BCUT2D eigenvalue weighted by Crippen LogP contribution is 2.14. The topological polar surface area (TPSA) is 128 Å². The minimum Gasteiger partial charge on any atom is -0.452 e. The van der Waals surface area contributed by atoms with Gasteiger partial charge in [0.2, 0.25) is 10.0 Å². The number of hydrogen-bond donors (Lipinski definition) is 2. The molecular formula is C16H18ClN3O6S. The second-order valence-corrected chi connectivity index (χ2v) is 7.75. The van der Waals surface area contributed by atoms with E-state index in [-0.39, 0.29) is 23.7 Å². The molecule has 0 aliphatic carbocycles. The first kappa shape index (κ1) is 20.9. The maximum absolute atomic E-state index is 12.1. The molecule has 1 aromatic carbocycles. The summed E-state index contributed by atoms with van der Waals surface area (Å²) in [5.41, 5.74) is 0. The standard InChI is InChI=1S/C16H18ClN3O6S/c1-10-9-14(20-26-10)19-16(22)11(2)25-15(21)7-8-18-27(23,24)13-5-3-12(17)4-6-13/h3-6,9,11,18H,7-8H2,1-2H3,(H,19,20,22)/t11-/m0/s1. The average molecular weight is 416 g/mol. The monoisotopic (exact) mass is 415 g/mol. The predicted molar refractivity (Wildman–Crippen MR) is 96.7 cm³/mol. The Kier molecular flexibility index (Phi) is 6.94. The molecular weight excluding hydrogens is 398 g/mol. The van der Waals surface area contributed by atoms with Crippen LogP contribution in [0, 0.1) is 6.92 Å². The van der Waals surface area contributed by atoms with Crippen LogP contribution in [0.3, 0.4) is 0 Å². The van der Waals surface area contributed by atoms with Crippen LogP contribution < -0.4 is 10.0 Å². The third-order valence-corrected chi connectivity index (χ3v) is 5.03. The number of anilines is 1. The highest BCUT2D eigenvalue weighted by Gasteiger charge is 2.20. The van der Waals surface area contributed by atoms with Gasteiger partial charge < -0.3 is 14.6 Å². The van der Waals surface area contributed by atoms with Gasteiger partial charge in [0.15, 0.2) is 11.9 Å². The maximum Gasteiger partial charge on any atom is 0.307 e. The van der Waals surface area contributed by atoms with E-state index in [1.165, 1.54) is 37.3 Å².